The van der Waals surface area contributed by atoms with E-state index in [-0.39, 0.29) is 41.7 Å². The fraction of sp³-hybridized carbons (Fsp3) is 0.364. The van der Waals surface area contributed by atoms with Crippen molar-refractivity contribution >= 4 is 17.6 Å². The number of nitrogens with one attached hydrogen (secondary N) is 2. The average molecular weight is 647 g/mol. The van der Waals surface area contributed by atoms with Crippen molar-refractivity contribution in [2.24, 2.45) is 0 Å². The van der Waals surface area contributed by atoms with Crippen LogP contribution in [0.25, 0.3) is 5.65 Å². The third-order valence-electron chi connectivity index (χ3n) is 7.26. The molecule has 0 saturated heterocycles. The number of imidazole rings is 1. The van der Waals surface area contributed by atoms with Gasteiger partial charge in [0.05, 0.1) is 16.8 Å². The van der Waals surface area contributed by atoms with Crippen LogP contribution in [0.4, 0.5) is 26.7 Å². The number of amides is 2. The maximum absolute atomic E-state index is 14.2. The summed E-state index contributed by atoms with van der Waals surface area (Å²) in [4.78, 5) is 30.9. The van der Waals surface area contributed by atoms with Gasteiger partial charge in [-0.3, -0.25) is 9.20 Å². The molecule has 2 heterocycles. The molecule has 4 aromatic rings. The molecule has 246 valence electrons. The highest BCUT2D eigenvalue weighted by molar-refractivity contribution is 5.95. The minimum atomic E-state index is -4.51. The van der Waals surface area contributed by atoms with Crippen molar-refractivity contribution in [3.05, 3.63) is 101 Å². The predicted octanol–water partition coefficient (Wildman–Crippen LogP) is 7.38. The molecule has 0 bridgehead atoms. The molecule has 0 aliphatic rings. The van der Waals surface area contributed by atoms with E-state index in [4.69, 9.17) is 9.47 Å². The SMILES string of the molecule is Cc1cc(OCc2c(F)cccc2F)c2nc(C(C)C)c(C(=O)NCC(C)(CCC(F)(F)F)NC(=O)OCc3ccccc3)n2c1. The molecule has 0 spiro atoms. The monoisotopic (exact) mass is 646 g/mol. The molecule has 0 aliphatic carbocycles. The molecule has 13 heteroatoms. The van der Waals surface area contributed by atoms with Crippen molar-refractivity contribution in [2.75, 3.05) is 6.54 Å². The Morgan fingerprint density at radius 3 is 2.28 bits per heavy atom. The number of carbonyl (C=O) groups is 2. The number of alkyl carbamates (subject to hydrolysis) is 1. The van der Waals surface area contributed by atoms with Crippen LogP contribution in [-0.2, 0) is 18.0 Å². The lowest BCUT2D eigenvalue weighted by Gasteiger charge is -2.31. The summed E-state index contributed by atoms with van der Waals surface area (Å²) in [5.41, 5.74) is 0.177. The van der Waals surface area contributed by atoms with Crippen molar-refractivity contribution in [3.63, 3.8) is 0 Å². The number of rotatable bonds is 12. The second kappa shape index (κ2) is 14.2. The number of nitrogens with zero attached hydrogens (tertiary/aromatic N) is 2. The van der Waals surface area contributed by atoms with Gasteiger partial charge in [0.25, 0.3) is 5.91 Å². The van der Waals surface area contributed by atoms with Gasteiger partial charge in [-0.25, -0.2) is 18.6 Å². The number of aryl methyl sites for hydroxylation is 1. The maximum Gasteiger partial charge on any atom is 0.407 e. The lowest BCUT2D eigenvalue weighted by Crippen LogP contribution is -2.54. The minimum Gasteiger partial charge on any atom is -0.485 e. The summed E-state index contributed by atoms with van der Waals surface area (Å²) in [5, 5.41) is 5.15. The minimum absolute atomic E-state index is 0.0960. The largest absolute Gasteiger partial charge is 0.485 e. The molecule has 1 unspecified atom stereocenters. The highest BCUT2D eigenvalue weighted by Crippen LogP contribution is 2.30. The van der Waals surface area contributed by atoms with Crippen LogP contribution in [0.3, 0.4) is 0 Å². The van der Waals surface area contributed by atoms with Crippen molar-refractivity contribution in [1.82, 2.24) is 20.0 Å². The van der Waals surface area contributed by atoms with Crippen LogP contribution >= 0.6 is 0 Å². The van der Waals surface area contributed by atoms with Crippen molar-refractivity contribution in [1.29, 1.82) is 0 Å². The highest BCUT2D eigenvalue weighted by atomic mass is 19.4. The van der Waals surface area contributed by atoms with E-state index in [1.807, 2.05) is 0 Å². The summed E-state index contributed by atoms with van der Waals surface area (Å²) in [5.74, 6) is -2.32. The predicted molar refractivity (Wildman–Crippen MR) is 160 cm³/mol. The van der Waals surface area contributed by atoms with Gasteiger partial charge in [-0.1, -0.05) is 50.2 Å². The van der Waals surface area contributed by atoms with E-state index >= 15 is 0 Å². The molecule has 2 aromatic heterocycles. The summed E-state index contributed by atoms with van der Waals surface area (Å²) in [7, 11) is 0. The van der Waals surface area contributed by atoms with Crippen molar-refractivity contribution in [2.45, 2.75) is 71.4 Å². The third-order valence-corrected chi connectivity index (χ3v) is 7.26. The topological polar surface area (TPSA) is 94.0 Å². The number of aromatic nitrogens is 2. The first-order valence-electron chi connectivity index (χ1n) is 14.6. The first kappa shape index (κ1) is 34.2. The molecule has 46 heavy (non-hydrogen) atoms. The van der Waals surface area contributed by atoms with E-state index in [2.05, 4.69) is 15.6 Å². The Morgan fingerprint density at radius 1 is 0.978 bits per heavy atom. The zero-order valence-corrected chi connectivity index (χ0v) is 25.8. The van der Waals surface area contributed by atoms with Crippen LogP contribution in [-0.4, -0.2) is 39.6 Å². The van der Waals surface area contributed by atoms with Gasteiger partial charge >= 0.3 is 12.3 Å². The molecule has 0 radical (unpaired) electrons. The zero-order valence-electron chi connectivity index (χ0n) is 25.8. The Kier molecular flexibility index (Phi) is 10.5. The summed E-state index contributed by atoms with van der Waals surface area (Å²) in [6, 6.07) is 13.8. The number of hydrogen-bond donors (Lipinski definition) is 2. The second-order valence-corrected chi connectivity index (χ2v) is 11.6. The first-order valence-corrected chi connectivity index (χ1v) is 14.6. The van der Waals surface area contributed by atoms with Crippen LogP contribution in [0, 0.1) is 18.6 Å². The molecule has 0 fully saturated rings. The summed E-state index contributed by atoms with van der Waals surface area (Å²) in [6.07, 6.45) is -5.57. The molecular weight excluding hydrogens is 611 g/mol. The summed E-state index contributed by atoms with van der Waals surface area (Å²) < 4.78 is 80.6. The normalized spacial score (nSPS) is 13.0. The number of hydrogen-bond acceptors (Lipinski definition) is 5. The fourth-order valence-electron chi connectivity index (χ4n) is 4.79. The van der Waals surface area contributed by atoms with E-state index in [9.17, 15) is 31.5 Å². The number of fused-ring (bicyclic) bond motifs is 1. The van der Waals surface area contributed by atoms with Crippen molar-refractivity contribution < 1.29 is 41.0 Å². The van der Waals surface area contributed by atoms with Crippen LogP contribution in [0.2, 0.25) is 0 Å². The molecule has 0 aliphatic heterocycles. The van der Waals surface area contributed by atoms with E-state index in [0.717, 1.165) is 12.1 Å². The third kappa shape index (κ3) is 8.73. The lowest BCUT2D eigenvalue weighted by molar-refractivity contribution is -0.138. The van der Waals surface area contributed by atoms with Gasteiger partial charge in [0, 0.05) is 19.2 Å². The van der Waals surface area contributed by atoms with Gasteiger partial charge in [0.2, 0.25) is 0 Å². The smallest absolute Gasteiger partial charge is 0.407 e. The number of benzene rings is 2. The standard InChI is InChI=1S/C33H35F5N4O4/c1-20(2)27-28(42-16-21(3)15-26(29(42)40-27)45-18-23-24(34)11-8-12-25(23)35)30(43)39-19-32(4,13-14-33(36,37)38)41-31(44)46-17-22-9-6-5-7-10-22/h5-12,15-16,20H,13-14,17-19H2,1-4H3,(H,39,43)(H,41,44). The fourth-order valence-corrected chi connectivity index (χ4v) is 4.79. The molecule has 0 saturated carbocycles. The number of halogens is 5. The van der Waals surface area contributed by atoms with E-state index < -0.39 is 54.8 Å². The van der Waals surface area contributed by atoms with Gasteiger partial charge in [-0.2, -0.15) is 13.2 Å². The van der Waals surface area contributed by atoms with Crippen LogP contribution in [0.1, 0.15) is 72.4 Å². The molecule has 2 aromatic carbocycles. The lowest BCUT2D eigenvalue weighted by atomic mass is 9.95. The van der Waals surface area contributed by atoms with Gasteiger partial charge in [-0.15, -0.1) is 0 Å². The number of carbonyl (C=O) groups excluding carboxylic acids is 2. The summed E-state index contributed by atoms with van der Waals surface area (Å²) in [6.45, 7) is 5.82. The van der Waals surface area contributed by atoms with Crippen LogP contribution in [0.5, 0.6) is 5.75 Å². The Hall–Kier alpha value is -4.68. The van der Waals surface area contributed by atoms with Crippen LogP contribution < -0.4 is 15.4 Å². The van der Waals surface area contributed by atoms with Gasteiger partial charge in [-0.05, 0) is 55.5 Å². The van der Waals surface area contributed by atoms with E-state index in [1.165, 1.54) is 17.4 Å². The molecular formula is C33H35F5N4O4. The second-order valence-electron chi connectivity index (χ2n) is 11.6. The Labute approximate surface area is 262 Å². The quantitative estimate of drug-likeness (QED) is 0.157. The van der Waals surface area contributed by atoms with Crippen molar-refractivity contribution in [3.8, 4) is 5.75 Å². The molecule has 1 atom stereocenters. The number of pyridine rings is 1. The van der Waals surface area contributed by atoms with Crippen LogP contribution in [0.15, 0.2) is 60.8 Å². The number of alkyl halides is 3. The van der Waals surface area contributed by atoms with E-state index in [1.54, 1.807) is 63.4 Å². The highest BCUT2D eigenvalue weighted by Gasteiger charge is 2.36. The number of ether oxygens (including phenoxy) is 2. The maximum atomic E-state index is 14.2. The molecule has 8 nitrogen and oxygen atoms in total. The molecule has 2 N–H and O–H groups in total. The first-order chi connectivity index (χ1) is 21.7. The van der Waals surface area contributed by atoms with Gasteiger partial charge < -0.3 is 20.1 Å². The summed E-state index contributed by atoms with van der Waals surface area (Å²) >= 11 is 0. The molecule has 2 amide bonds. The Morgan fingerprint density at radius 2 is 1.65 bits per heavy atom. The Bertz CT molecular complexity index is 1670. The molecule has 4 rings (SSSR count). The average Bonchev–Trinajstić information content (AvgIpc) is 3.38. The van der Waals surface area contributed by atoms with Gasteiger partial charge in [0.1, 0.15) is 30.5 Å². The Balaban J connectivity index is 1.58. The van der Waals surface area contributed by atoms with Gasteiger partial charge in [0.15, 0.2) is 11.4 Å². The van der Waals surface area contributed by atoms with E-state index in [0.29, 0.717) is 16.8 Å². The zero-order chi connectivity index (χ0) is 33.6.